The Morgan fingerprint density at radius 1 is 1.10 bits per heavy atom. The van der Waals surface area contributed by atoms with Crippen molar-refractivity contribution in [2.75, 3.05) is 7.11 Å². The van der Waals surface area contributed by atoms with Crippen molar-refractivity contribution in [3.05, 3.63) is 18.1 Å². The monoisotopic (exact) mass is 273 g/mol. The van der Waals surface area contributed by atoms with Crippen LogP contribution in [0, 0.1) is 23.2 Å². The molecule has 4 aliphatic carbocycles. The number of nitrogens with zero attached hydrogens (tertiary/aromatic N) is 2. The summed E-state index contributed by atoms with van der Waals surface area (Å²) in [5.74, 6) is 3.30. The molecule has 0 amide bonds. The first-order valence-corrected chi connectivity index (χ1v) is 7.80. The van der Waals surface area contributed by atoms with Crippen LogP contribution in [0.5, 0.6) is 5.88 Å². The van der Waals surface area contributed by atoms with Crippen LogP contribution in [-0.2, 0) is 0 Å². The Balaban J connectivity index is 1.69. The van der Waals surface area contributed by atoms with E-state index in [2.05, 4.69) is 9.97 Å². The highest BCUT2D eigenvalue weighted by molar-refractivity contribution is 5.24. The SMILES string of the molecule is COc1nccnc1C(N)C12CC3CC(CC(C3)C1)C2. The summed E-state index contributed by atoms with van der Waals surface area (Å²) in [4.78, 5) is 8.78. The lowest BCUT2D eigenvalue weighted by Gasteiger charge is -2.58. The summed E-state index contributed by atoms with van der Waals surface area (Å²) in [6, 6.07) is -0.0282. The fraction of sp³-hybridized carbons (Fsp3) is 0.750. The lowest BCUT2D eigenvalue weighted by molar-refractivity contribution is -0.0688. The average Bonchev–Trinajstić information content (AvgIpc) is 2.45. The molecule has 1 aromatic rings. The molecule has 0 spiro atoms. The van der Waals surface area contributed by atoms with Gasteiger partial charge in [-0.3, -0.25) is 4.98 Å². The molecule has 108 valence electrons. The standard InChI is InChI=1S/C16H23N3O/c1-20-15-13(18-2-3-19-15)14(17)16-7-10-4-11(8-16)6-12(5-10)9-16/h2-3,10-12,14H,4-9,17H2,1H3. The lowest BCUT2D eigenvalue weighted by atomic mass is 9.47. The van der Waals surface area contributed by atoms with Gasteiger partial charge in [0.1, 0.15) is 5.69 Å². The molecule has 4 nitrogen and oxygen atoms in total. The zero-order valence-electron chi connectivity index (χ0n) is 12.1. The molecule has 0 aliphatic heterocycles. The Labute approximate surface area is 120 Å². The number of aromatic nitrogens is 2. The predicted molar refractivity (Wildman–Crippen MR) is 76.1 cm³/mol. The highest BCUT2D eigenvalue weighted by Gasteiger charge is 2.54. The number of hydrogen-bond acceptors (Lipinski definition) is 4. The van der Waals surface area contributed by atoms with E-state index in [0.29, 0.717) is 5.88 Å². The number of ether oxygens (including phenoxy) is 1. The maximum absolute atomic E-state index is 6.69. The van der Waals surface area contributed by atoms with Gasteiger partial charge in [0.25, 0.3) is 0 Å². The number of hydrogen-bond donors (Lipinski definition) is 1. The summed E-state index contributed by atoms with van der Waals surface area (Å²) < 4.78 is 5.38. The van der Waals surface area contributed by atoms with Gasteiger partial charge in [-0.25, -0.2) is 4.98 Å². The van der Waals surface area contributed by atoms with Crippen LogP contribution in [0.15, 0.2) is 12.4 Å². The van der Waals surface area contributed by atoms with E-state index in [1.165, 1.54) is 38.5 Å². The third-order valence-corrected chi connectivity index (χ3v) is 5.92. The summed E-state index contributed by atoms with van der Waals surface area (Å²) in [5.41, 5.74) is 7.79. The first-order valence-electron chi connectivity index (χ1n) is 7.80. The summed E-state index contributed by atoms with van der Waals surface area (Å²) in [6.45, 7) is 0. The van der Waals surface area contributed by atoms with E-state index in [1.54, 1.807) is 19.5 Å². The van der Waals surface area contributed by atoms with Crippen LogP contribution >= 0.6 is 0 Å². The third kappa shape index (κ3) is 1.77. The van der Waals surface area contributed by atoms with Gasteiger partial charge in [-0.2, -0.15) is 0 Å². The molecule has 4 heteroatoms. The Morgan fingerprint density at radius 3 is 2.20 bits per heavy atom. The average molecular weight is 273 g/mol. The minimum Gasteiger partial charge on any atom is -0.480 e. The Bertz CT molecular complexity index is 481. The second-order valence-electron chi connectivity index (χ2n) is 7.21. The summed E-state index contributed by atoms with van der Waals surface area (Å²) in [5, 5.41) is 0. The maximum Gasteiger partial charge on any atom is 0.237 e. The van der Waals surface area contributed by atoms with Crippen LogP contribution in [0.25, 0.3) is 0 Å². The van der Waals surface area contributed by atoms with Gasteiger partial charge < -0.3 is 10.5 Å². The van der Waals surface area contributed by atoms with Gasteiger partial charge in [-0.05, 0) is 61.7 Å². The molecule has 1 heterocycles. The molecule has 5 rings (SSSR count). The van der Waals surface area contributed by atoms with Gasteiger partial charge in [-0.15, -0.1) is 0 Å². The molecule has 1 atom stereocenters. The van der Waals surface area contributed by atoms with Crippen LogP contribution in [0.2, 0.25) is 0 Å². The van der Waals surface area contributed by atoms with E-state index in [1.807, 2.05) is 0 Å². The Kier molecular flexibility index (Phi) is 2.78. The normalized spacial score (nSPS) is 39.8. The molecule has 0 aromatic carbocycles. The summed E-state index contributed by atoms with van der Waals surface area (Å²) in [6.07, 6.45) is 11.5. The second kappa shape index (κ2) is 4.42. The summed E-state index contributed by atoms with van der Waals surface area (Å²) in [7, 11) is 1.65. The minimum absolute atomic E-state index is 0.0282. The van der Waals surface area contributed by atoms with Crippen molar-refractivity contribution >= 4 is 0 Å². The van der Waals surface area contributed by atoms with Crippen LogP contribution < -0.4 is 10.5 Å². The van der Waals surface area contributed by atoms with Crippen molar-refractivity contribution in [3.63, 3.8) is 0 Å². The molecule has 1 aromatic heterocycles. The molecule has 4 saturated carbocycles. The van der Waals surface area contributed by atoms with E-state index < -0.39 is 0 Å². The third-order valence-electron chi connectivity index (χ3n) is 5.92. The molecule has 4 fully saturated rings. The number of nitrogens with two attached hydrogens (primary N) is 1. The van der Waals surface area contributed by atoms with E-state index in [-0.39, 0.29) is 11.5 Å². The van der Waals surface area contributed by atoms with Gasteiger partial charge in [-0.1, -0.05) is 0 Å². The first kappa shape index (κ1) is 12.6. The van der Waals surface area contributed by atoms with E-state index in [4.69, 9.17) is 10.5 Å². The number of methoxy groups -OCH3 is 1. The van der Waals surface area contributed by atoms with E-state index in [0.717, 1.165) is 23.4 Å². The number of rotatable bonds is 3. The second-order valence-corrected chi connectivity index (χ2v) is 7.21. The Morgan fingerprint density at radius 2 is 1.65 bits per heavy atom. The van der Waals surface area contributed by atoms with Gasteiger partial charge >= 0.3 is 0 Å². The maximum atomic E-state index is 6.69. The van der Waals surface area contributed by atoms with Crippen molar-refractivity contribution in [2.45, 2.75) is 44.6 Å². The van der Waals surface area contributed by atoms with Crippen molar-refractivity contribution in [3.8, 4) is 5.88 Å². The van der Waals surface area contributed by atoms with Gasteiger partial charge in [0.05, 0.1) is 13.2 Å². The first-order chi connectivity index (χ1) is 9.70. The van der Waals surface area contributed by atoms with Gasteiger partial charge in [0, 0.05) is 12.4 Å². The molecular formula is C16H23N3O. The topological polar surface area (TPSA) is 61.0 Å². The molecular weight excluding hydrogens is 250 g/mol. The van der Waals surface area contributed by atoms with E-state index in [9.17, 15) is 0 Å². The van der Waals surface area contributed by atoms with Crippen LogP contribution in [-0.4, -0.2) is 17.1 Å². The minimum atomic E-state index is -0.0282. The van der Waals surface area contributed by atoms with Gasteiger partial charge in [0.15, 0.2) is 0 Å². The van der Waals surface area contributed by atoms with Crippen molar-refractivity contribution in [1.82, 2.24) is 9.97 Å². The molecule has 4 aliphatic rings. The highest BCUT2D eigenvalue weighted by Crippen LogP contribution is 2.63. The summed E-state index contributed by atoms with van der Waals surface area (Å²) >= 11 is 0. The fourth-order valence-electron chi connectivity index (χ4n) is 5.56. The quantitative estimate of drug-likeness (QED) is 0.919. The zero-order chi connectivity index (χ0) is 13.7. The molecule has 1 unspecified atom stereocenters. The lowest BCUT2D eigenvalue weighted by Crippen LogP contribution is -2.51. The van der Waals surface area contributed by atoms with Crippen molar-refractivity contribution in [2.24, 2.45) is 28.9 Å². The van der Waals surface area contributed by atoms with Crippen LogP contribution in [0.1, 0.15) is 50.3 Å². The van der Waals surface area contributed by atoms with Crippen molar-refractivity contribution < 1.29 is 4.74 Å². The smallest absolute Gasteiger partial charge is 0.237 e. The zero-order valence-corrected chi connectivity index (χ0v) is 12.1. The molecule has 0 saturated heterocycles. The molecule has 2 N–H and O–H groups in total. The largest absolute Gasteiger partial charge is 0.480 e. The molecule has 0 radical (unpaired) electrons. The molecule has 20 heavy (non-hydrogen) atoms. The molecule has 4 bridgehead atoms. The van der Waals surface area contributed by atoms with Crippen LogP contribution in [0.3, 0.4) is 0 Å². The fourth-order valence-corrected chi connectivity index (χ4v) is 5.56. The van der Waals surface area contributed by atoms with E-state index >= 15 is 0 Å². The predicted octanol–water partition coefficient (Wildman–Crippen LogP) is 2.70. The Hall–Kier alpha value is -1.16. The van der Waals surface area contributed by atoms with Crippen LogP contribution in [0.4, 0.5) is 0 Å². The van der Waals surface area contributed by atoms with Gasteiger partial charge in [0.2, 0.25) is 5.88 Å². The van der Waals surface area contributed by atoms with Crippen molar-refractivity contribution in [1.29, 1.82) is 0 Å². The highest BCUT2D eigenvalue weighted by atomic mass is 16.5.